The standard InChI is InChI=1S/C28H32F2N4O3/c1-5-18-7-6-8-21(15-18)32-26(35)22-17-31-34(24-10-9-20(29)16-23(24)30)25(22)19-11-13-33(14-12-19)27(36)37-28(2,3)4/h6-10,15-17,19H,5,11-14H2,1-4H3,(H,32,35). The van der Waals surface area contributed by atoms with Crippen LogP contribution < -0.4 is 5.32 Å². The first-order valence-corrected chi connectivity index (χ1v) is 12.5. The van der Waals surface area contributed by atoms with Gasteiger partial charge < -0.3 is 15.0 Å². The fourth-order valence-electron chi connectivity index (χ4n) is 4.50. The molecule has 0 atom stereocenters. The molecule has 0 spiro atoms. The van der Waals surface area contributed by atoms with Crippen molar-refractivity contribution >= 4 is 17.7 Å². The molecule has 0 saturated carbocycles. The average molecular weight is 511 g/mol. The van der Waals surface area contributed by atoms with Gasteiger partial charge in [0.2, 0.25) is 0 Å². The molecule has 0 radical (unpaired) electrons. The van der Waals surface area contributed by atoms with Crippen molar-refractivity contribution in [1.29, 1.82) is 0 Å². The van der Waals surface area contributed by atoms with Gasteiger partial charge in [-0.15, -0.1) is 0 Å². The summed E-state index contributed by atoms with van der Waals surface area (Å²) in [6, 6.07) is 10.8. The lowest BCUT2D eigenvalue weighted by Crippen LogP contribution is -2.41. The minimum absolute atomic E-state index is 0.0537. The summed E-state index contributed by atoms with van der Waals surface area (Å²) in [5.74, 6) is -2.03. The number of rotatable bonds is 5. The van der Waals surface area contributed by atoms with Gasteiger partial charge in [0.05, 0.1) is 17.5 Å². The van der Waals surface area contributed by atoms with Gasteiger partial charge in [0.25, 0.3) is 5.91 Å². The van der Waals surface area contributed by atoms with Crippen LogP contribution in [0.3, 0.4) is 0 Å². The quantitative estimate of drug-likeness (QED) is 0.451. The van der Waals surface area contributed by atoms with E-state index in [2.05, 4.69) is 10.4 Å². The second kappa shape index (κ2) is 10.7. The van der Waals surface area contributed by atoms with E-state index in [4.69, 9.17) is 4.74 Å². The summed E-state index contributed by atoms with van der Waals surface area (Å²) < 4.78 is 35.3. The first-order valence-electron chi connectivity index (χ1n) is 12.5. The van der Waals surface area contributed by atoms with Crippen LogP contribution in [0.5, 0.6) is 0 Å². The number of likely N-dealkylation sites (tertiary alicyclic amines) is 1. The Kier molecular flexibility index (Phi) is 7.61. The van der Waals surface area contributed by atoms with Gasteiger partial charge in [-0.25, -0.2) is 18.3 Å². The molecular weight excluding hydrogens is 478 g/mol. The molecule has 2 amide bonds. The van der Waals surface area contributed by atoms with Crippen LogP contribution in [-0.4, -0.2) is 45.4 Å². The van der Waals surface area contributed by atoms with Gasteiger partial charge in [0, 0.05) is 30.8 Å². The Bertz CT molecular complexity index is 1290. The van der Waals surface area contributed by atoms with Crippen LogP contribution in [-0.2, 0) is 11.2 Å². The third-order valence-electron chi connectivity index (χ3n) is 6.32. The second-order valence-corrected chi connectivity index (χ2v) is 10.2. The van der Waals surface area contributed by atoms with Crippen molar-refractivity contribution in [3.8, 4) is 5.69 Å². The van der Waals surface area contributed by atoms with Crippen LogP contribution in [0.25, 0.3) is 5.69 Å². The second-order valence-electron chi connectivity index (χ2n) is 10.2. The molecule has 2 aromatic carbocycles. The summed E-state index contributed by atoms with van der Waals surface area (Å²) >= 11 is 0. The lowest BCUT2D eigenvalue weighted by molar-refractivity contribution is 0.0203. The number of ether oxygens (including phenoxy) is 1. The number of carbonyl (C=O) groups excluding carboxylic acids is 2. The fraction of sp³-hybridized carbons (Fsp3) is 0.393. The van der Waals surface area contributed by atoms with Crippen LogP contribution >= 0.6 is 0 Å². The molecular formula is C28H32F2N4O3. The maximum atomic E-state index is 14.8. The van der Waals surface area contributed by atoms with E-state index in [0.29, 0.717) is 42.9 Å². The van der Waals surface area contributed by atoms with E-state index in [1.165, 1.54) is 16.9 Å². The predicted octanol–water partition coefficient (Wildman–Crippen LogP) is 6.08. The maximum Gasteiger partial charge on any atom is 0.410 e. The number of amides is 2. The first-order chi connectivity index (χ1) is 17.6. The molecule has 1 N–H and O–H groups in total. The number of hydrogen-bond acceptors (Lipinski definition) is 4. The van der Waals surface area contributed by atoms with Gasteiger partial charge in [0.1, 0.15) is 17.1 Å². The van der Waals surface area contributed by atoms with Gasteiger partial charge in [-0.1, -0.05) is 19.1 Å². The Morgan fingerprint density at radius 3 is 2.49 bits per heavy atom. The van der Waals surface area contributed by atoms with E-state index in [0.717, 1.165) is 24.1 Å². The van der Waals surface area contributed by atoms with Crippen LogP contribution in [0.2, 0.25) is 0 Å². The van der Waals surface area contributed by atoms with Gasteiger partial charge >= 0.3 is 6.09 Å². The Morgan fingerprint density at radius 1 is 1.11 bits per heavy atom. The normalized spacial score (nSPS) is 14.5. The highest BCUT2D eigenvalue weighted by atomic mass is 19.1. The topological polar surface area (TPSA) is 76.5 Å². The molecule has 1 aliphatic heterocycles. The highest BCUT2D eigenvalue weighted by Crippen LogP contribution is 2.33. The number of anilines is 1. The van der Waals surface area contributed by atoms with E-state index in [1.807, 2.05) is 45.9 Å². The van der Waals surface area contributed by atoms with Crippen molar-refractivity contribution in [3.63, 3.8) is 0 Å². The molecule has 1 fully saturated rings. The molecule has 1 aliphatic rings. The molecule has 4 rings (SSSR count). The molecule has 3 aromatic rings. The van der Waals surface area contributed by atoms with Gasteiger partial charge in [-0.3, -0.25) is 4.79 Å². The molecule has 1 saturated heterocycles. The number of halogens is 2. The minimum Gasteiger partial charge on any atom is -0.444 e. The molecule has 1 aromatic heterocycles. The van der Waals surface area contributed by atoms with Crippen molar-refractivity contribution in [2.45, 2.75) is 58.5 Å². The molecule has 37 heavy (non-hydrogen) atoms. The lowest BCUT2D eigenvalue weighted by atomic mass is 9.90. The zero-order valence-corrected chi connectivity index (χ0v) is 21.6. The fourth-order valence-corrected chi connectivity index (χ4v) is 4.50. The molecule has 7 nitrogen and oxygen atoms in total. The van der Waals surface area contributed by atoms with Gasteiger partial charge in [-0.2, -0.15) is 5.10 Å². The van der Waals surface area contributed by atoms with E-state index >= 15 is 0 Å². The Labute approximate surface area is 215 Å². The van der Waals surface area contributed by atoms with E-state index in [1.54, 1.807) is 11.0 Å². The summed E-state index contributed by atoms with van der Waals surface area (Å²) in [5.41, 5.74) is 2.01. The van der Waals surface area contributed by atoms with E-state index < -0.39 is 23.3 Å². The van der Waals surface area contributed by atoms with Crippen molar-refractivity contribution in [1.82, 2.24) is 14.7 Å². The monoisotopic (exact) mass is 510 g/mol. The Hall–Kier alpha value is -3.75. The highest BCUT2D eigenvalue weighted by Gasteiger charge is 2.32. The van der Waals surface area contributed by atoms with Crippen LogP contribution in [0.15, 0.2) is 48.7 Å². The smallest absolute Gasteiger partial charge is 0.410 e. The number of hydrogen-bond donors (Lipinski definition) is 1. The lowest BCUT2D eigenvalue weighted by Gasteiger charge is -2.34. The summed E-state index contributed by atoms with van der Waals surface area (Å²) in [6.45, 7) is 8.30. The van der Waals surface area contributed by atoms with Gasteiger partial charge in [-0.05, 0) is 69.9 Å². The molecule has 0 aliphatic carbocycles. The summed E-state index contributed by atoms with van der Waals surface area (Å²) in [6.07, 6.45) is 2.90. The number of benzene rings is 2. The number of carbonyl (C=O) groups is 2. The average Bonchev–Trinajstić information content (AvgIpc) is 3.28. The number of aryl methyl sites for hydroxylation is 1. The zero-order chi connectivity index (χ0) is 26.7. The largest absolute Gasteiger partial charge is 0.444 e. The van der Waals surface area contributed by atoms with Gasteiger partial charge in [0.15, 0.2) is 5.82 Å². The third kappa shape index (κ3) is 6.15. The van der Waals surface area contributed by atoms with Crippen LogP contribution in [0.1, 0.15) is 68.1 Å². The molecule has 0 bridgehead atoms. The third-order valence-corrected chi connectivity index (χ3v) is 6.32. The molecule has 2 heterocycles. The SMILES string of the molecule is CCc1cccc(NC(=O)c2cnn(-c3ccc(F)cc3F)c2C2CCN(C(=O)OC(C)(C)C)CC2)c1. The summed E-state index contributed by atoms with van der Waals surface area (Å²) in [4.78, 5) is 27.6. The molecule has 196 valence electrons. The number of piperidine rings is 1. The van der Waals surface area contributed by atoms with E-state index in [-0.39, 0.29) is 17.5 Å². The molecule has 9 heteroatoms. The van der Waals surface area contributed by atoms with Crippen molar-refractivity contribution in [2.24, 2.45) is 0 Å². The maximum absolute atomic E-state index is 14.8. The number of aromatic nitrogens is 2. The van der Waals surface area contributed by atoms with Crippen molar-refractivity contribution in [2.75, 3.05) is 18.4 Å². The van der Waals surface area contributed by atoms with E-state index in [9.17, 15) is 18.4 Å². The number of nitrogens with one attached hydrogen (secondary N) is 1. The minimum atomic E-state index is -0.779. The zero-order valence-electron chi connectivity index (χ0n) is 21.6. The van der Waals surface area contributed by atoms with Crippen LogP contribution in [0.4, 0.5) is 19.3 Å². The summed E-state index contributed by atoms with van der Waals surface area (Å²) in [5, 5.41) is 7.26. The first kappa shape index (κ1) is 26.3. The highest BCUT2D eigenvalue weighted by molar-refractivity contribution is 6.05. The summed E-state index contributed by atoms with van der Waals surface area (Å²) in [7, 11) is 0. The van der Waals surface area contributed by atoms with Crippen molar-refractivity contribution in [3.05, 3.63) is 77.1 Å². The number of nitrogens with zero attached hydrogens (tertiary/aromatic N) is 3. The van der Waals surface area contributed by atoms with Crippen molar-refractivity contribution < 1.29 is 23.1 Å². The Morgan fingerprint density at radius 2 is 1.84 bits per heavy atom. The van der Waals surface area contributed by atoms with Crippen LogP contribution in [0, 0.1) is 11.6 Å². The Balaban J connectivity index is 1.64. The predicted molar refractivity (Wildman–Crippen MR) is 137 cm³/mol. The molecule has 0 unspecified atom stereocenters.